The van der Waals surface area contributed by atoms with E-state index in [1.807, 2.05) is 45.0 Å². The van der Waals surface area contributed by atoms with E-state index < -0.39 is 41.3 Å². The number of nitrogens with one attached hydrogen (secondary N) is 2. The zero-order valence-electron chi connectivity index (χ0n) is 24.4. The van der Waals surface area contributed by atoms with Crippen molar-refractivity contribution in [2.75, 3.05) is 6.54 Å². The molecule has 0 bridgehead atoms. The van der Waals surface area contributed by atoms with E-state index in [0.717, 1.165) is 11.1 Å². The summed E-state index contributed by atoms with van der Waals surface area (Å²) in [5.74, 6) is 0.0334. The van der Waals surface area contributed by atoms with Crippen molar-refractivity contribution in [1.29, 1.82) is 0 Å². The van der Waals surface area contributed by atoms with E-state index in [2.05, 4.69) is 31.1 Å². The average Bonchev–Trinajstić information content (AvgIpc) is 3.78. The maximum atomic E-state index is 13.8. The minimum Gasteiger partial charge on any atom is -0.454 e. The second kappa shape index (κ2) is 12.2. The summed E-state index contributed by atoms with van der Waals surface area (Å²) in [6.07, 6.45) is 2.42. The number of β-amino-alcohol motifs (C(OH)–C–C–N with tert-alkyl or cyclic N) is 1. The number of nitrogens with zero attached hydrogens (tertiary/aromatic N) is 6. The summed E-state index contributed by atoms with van der Waals surface area (Å²) in [5.41, 5.74) is 0.894. The molecule has 1 aliphatic heterocycles. The molecular formula is C29H34N8O6. The first-order chi connectivity index (χ1) is 20.5. The van der Waals surface area contributed by atoms with E-state index in [-0.39, 0.29) is 25.3 Å². The Bertz CT molecular complexity index is 1570. The molecule has 1 fully saturated rings. The molecular weight excluding hydrogens is 556 g/mol. The van der Waals surface area contributed by atoms with Crippen LogP contribution in [0.4, 0.5) is 0 Å². The highest BCUT2D eigenvalue weighted by Crippen LogP contribution is 2.27. The third-order valence-corrected chi connectivity index (χ3v) is 7.13. The van der Waals surface area contributed by atoms with Crippen LogP contribution in [-0.2, 0) is 22.7 Å². The van der Waals surface area contributed by atoms with Crippen LogP contribution in [0.1, 0.15) is 55.0 Å². The summed E-state index contributed by atoms with van der Waals surface area (Å²) in [7, 11) is 0. The maximum Gasteiger partial charge on any atom is 0.287 e. The Balaban J connectivity index is 1.23. The highest BCUT2D eigenvalue weighted by Gasteiger charge is 2.44. The van der Waals surface area contributed by atoms with Crippen LogP contribution in [0, 0.1) is 12.3 Å². The molecule has 4 aromatic rings. The Morgan fingerprint density at radius 2 is 1.91 bits per heavy atom. The van der Waals surface area contributed by atoms with Gasteiger partial charge in [-0.25, -0.2) is 4.68 Å². The summed E-state index contributed by atoms with van der Waals surface area (Å²) < 4.78 is 12.3. The van der Waals surface area contributed by atoms with Crippen LogP contribution in [0.15, 0.2) is 57.7 Å². The molecule has 0 unspecified atom stereocenters. The molecule has 3 amide bonds. The second-order valence-electron chi connectivity index (χ2n) is 11.6. The number of carbonyl (C=O) groups is 3. The highest BCUT2D eigenvalue weighted by molar-refractivity contribution is 5.97. The molecule has 3 N–H and O–H groups in total. The number of aliphatic hydroxyl groups excluding tert-OH is 1. The molecule has 226 valence electrons. The fraction of sp³-hybridized carbons (Fsp3) is 0.414. The van der Waals surface area contributed by atoms with Gasteiger partial charge in [0.1, 0.15) is 24.4 Å². The summed E-state index contributed by atoms with van der Waals surface area (Å²) >= 11 is 0. The highest BCUT2D eigenvalue weighted by atomic mass is 16.5. The molecule has 1 aromatic carbocycles. The lowest BCUT2D eigenvalue weighted by atomic mass is 9.85. The molecule has 0 spiro atoms. The van der Waals surface area contributed by atoms with Gasteiger partial charge in [-0.05, 0) is 23.1 Å². The van der Waals surface area contributed by atoms with Gasteiger partial charge in [-0.15, -0.1) is 5.10 Å². The van der Waals surface area contributed by atoms with Crippen molar-refractivity contribution in [3.63, 3.8) is 0 Å². The molecule has 0 radical (unpaired) electrons. The lowest BCUT2D eigenvalue weighted by molar-refractivity contribution is -0.142. The topological polar surface area (TPSA) is 182 Å². The minimum absolute atomic E-state index is 0.0268. The molecule has 1 aliphatic rings. The van der Waals surface area contributed by atoms with E-state index in [1.165, 1.54) is 17.2 Å². The molecule has 4 heterocycles. The Hall–Kier alpha value is -4.85. The quantitative estimate of drug-likeness (QED) is 0.259. The van der Waals surface area contributed by atoms with Gasteiger partial charge in [-0.3, -0.25) is 14.4 Å². The summed E-state index contributed by atoms with van der Waals surface area (Å²) in [6.45, 7) is 7.64. The first kappa shape index (κ1) is 29.6. The monoisotopic (exact) mass is 590 g/mol. The molecule has 43 heavy (non-hydrogen) atoms. The van der Waals surface area contributed by atoms with Gasteiger partial charge >= 0.3 is 0 Å². The number of aryl methyl sites for hydroxylation is 1. The Morgan fingerprint density at radius 1 is 1.14 bits per heavy atom. The van der Waals surface area contributed by atoms with E-state index in [4.69, 9.17) is 8.94 Å². The van der Waals surface area contributed by atoms with Gasteiger partial charge in [0.2, 0.25) is 23.5 Å². The molecule has 0 saturated carbocycles. The van der Waals surface area contributed by atoms with E-state index in [1.54, 1.807) is 23.9 Å². The molecule has 3 atom stereocenters. The number of furan rings is 1. The molecule has 14 heteroatoms. The smallest absolute Gasteiger partial charge is 0.287 e. The van der Waals surface area contributed by atoms with Crippen molar-refractivity contribution < 1.29 is 28.4 Å². The number of hydrogen-bond donors (Lipinski definition) is 3. The van der Waals surface area contributed by atoms with Gasteiger partial charge in [-0.1, -0.05) is 55.4 Å². The fourth-order valence-electron chi connectivity index (χ4n) is 4.88. The van der Waals surface area contributed by atoms with Crippen molar-refractivity contribution in [2.45, 2.75) is 65.4 Å². The zero-order valence-corrected chi connectivity index (χ0v) is 24.4. The fourth-order valence-corrected chi connectivity index (χ4v) is 4.88. The number of rotatable bonds is 9. The van der Waals surface area contributed by atoms with Gasteiger partial charge in [0.05, 0.1) is 12.3 Å². The predicted octanol–water partition coefficient (Wildman–Crippen LogP) is 1.70. The van der Waals surface area contributed by atoms with Gasteiger partial charge in [0.15, 0.2) is 5.76 Å². The number of benzene rings is 1. The molecule has 14 nitrogen and oxygen atoms in total. The van der Waals surface area contributed by atoms with Crippen LogP contribution in [0.5, 0.6) is 0 Å². The van der Waals surface area contributed by atoms with Crippen molar-refractivity contribution in [2.24, 2.45) is 5.41 Å². The van der Waals surface area contributed by atoms with Crippen LogP contribution in [0.25, 0.3) is 11.4 Å². The number of amides is 3. The van der Waals surface area contributed by atoms with E-state index in [0.29, 0.717) is 24.0 Å². The Labute approximate surface area is 247 Å². The molecule has 3 aromatic heterocycles. The molecule has 1 saturated heterocycles. The minimum atomic E-state index is -0.995. The van der Waals surface area contributed by atoms with Gasteiger partial charge in [-0.2, -0.15) is 4.98 Å². The third kappa shape index (κ3) is 6.97. The van der Waals surface area contributed by atoms with E-state index in [9.17, 15) is 19.5 Å². The van der Waals surface area contributed by atoms with Gasteiger partial charge < -0.3 is 29.6 Å². The molecule has 0 aliphatic carbocycles. The number of aromatic nitrogens is 5. The van der Waals surface area contributed by atoms with Crippen molar-refractivity contribution in [1.82, 2.24) is 40.7 Å². The number of hydrogen-bond acceptors (Lipinski definition) is 10. The van der Waals surface area contributed by atoms with Crippen LogP contribution in [0.3, 0.4) is 0 Å². The average molecular weight is 591 g/mol. The summed E-state index contributed by atoms with van der Waals surface area (Å²) in [6, 6.07) is 8.62. The van der Waals surface area contributed by atoms with Crippen LogP contribution in [0.2, 0.25) is 0 Å². The van der Waals surface area contributed by atoms with Crippen molar-refractivity contribution in [3.05, 3.63) is 71.8 Å². The van der Waals surface area contributed by atoms with Crippen molar-refractivity contribution in [3.8, 4) is 11.4 Å². The predicted molar refractivity (Wildman–Crippen MR) is 151 cm³/mol. The Morgan fingerprint density at radius 3 is 2.56 bits per heavy atom. The van der Waals surface area contributed by atoms with Crippen LogP contribution >= 0.6 is 0 Å². The first-order valence-electron chi connectivity index (χ1n) is 13.9. The first-order valence-corrected chi connectivity index (χ1v) is 13.9. The number of carbonyl (C=O) groups excluding carboxylic acids is 3. The standard InChI is InChI=1S/C29H34N8O6/c1-17-32-25(34-43-17)19-7-5-18(6-8-19)14-30-26(39)22-13-20(38)15-37(22)28(41)24(29(2,3)4)33-27(40)23-10-9-21(42-23)16-36-12-11-31-35-36/h5-12,20,22,24,38H,13-16H2,1-4H3,(H,30,39)(H,33,40)/t20-,22+,24-/m1/s1. The van der Waals surface area contributed by atoms with Crippen LogP contribution in [-0.4, -0.2) is 77.6 Å². The molecule has 5 rings (SSSR count). The zero-order chi connectivity index (χ0) is 30.7. The second-order valence-corrected chi connectivity index (χ2v) is 11.6. The lowest BCUT2D eigenvalue weighted by Crippen LogP contribution is -2.57. The normalized spacial score (nSPS) is 17.6. The third-order valence-electron chi connectivity index (χ3n) is 7.13. The summed E-state index contributed by atoms with van der Waals surface area (Å²) in [5, 5.41) is 27.6. The number of aliphatic hydroxyl groups is 1. The SMILES string of the molecule is Cc1nc(-c2ccc(CNC(=O)[C@@H]3C[C@@H](O)CN3C(=O)[C@@H](NC(=O)c3ccc(Cn4ccnn4)o3)C(C)(C)C)cc2)no1. The van der Waals surface area contributed by atoms with Crippen molar-refractivity contribution >= 4 is 17.7 Å². The van der Waals surface area contributed by atoms with E-state index >= 15 is 0 Å². The maximum absolute atomic E-state index is 13.8. The van der Waals surface area contributed by atoms with Gasteiger partial charge in [0, 0.05) is 38.2 Å². The largest absolute Gasteiger partial charge is 0.454 e. The summed E-state index contributed by atoms with van der Waals surface area (Å²) in [4.78, 5) is 45.8. The lowest BCUT2D eigenvalue weighted by Gasteiger charge is -2.35. The number of likely N-dealkylation sites (tertiary alicyclic amines) is 1. The van der Waals surface area contributed by atoms with Crippen LogP contribution < -0.4 is 10.6 Å². The Kier molecular flexibility index (Phi) is 8.39. The van der Waals surface area contributed by atoms with Gasteiger partial charge in [0.25, 0.3) is 5.91 Å².